The number of unbranched alkanes of at least 4 members (excludes halogenated alkanes) is 1. The summed E-state index contributed by atoms with van der Waals surface area (Å²) in [6, 6.07) is 0. The summed E-state index contributed by atoms with van der Waals surface area (Å²) in [5, 5.41) is 9.42. The lowest BCUT2D eigenvalue weighted by Crippen LogP contribution is -2.38. The van der Waals surface area contributed by atoms with Crippen LogP contribution < -0.4 is 11.2 Å². The number of aromatic nitrogens is 4. The molecule has 1 fully saturated rings. The molecule has 26 heavy (non-hydrogen) atoms. The predicted molar refractivity (Wildman–Crippen MR) is 98.8 cm³/mol. The van der Waals surface area contributed by atoms with Gasteiger partial charge in [-0.15, -0.1) is 0 Å². The van der Waals surface area contributed by atoms with E-state index in [4.69, 9.17) is 0 Å². The van der Waals surface area contributed by atoms with Crippen molar-refractivity contribution in [1.82, 2.24) is 19.1 Å². The lowest BCUT2D eigenvalue weighted by molar-refractivity contribution is -0.136. The molecule has 9 heteroatoms. The third-order valence-corrected chi connectivity index (χ3v) is 5.82. The number of aliphatic carboxylic acids is 1. The standard InChI is InChI=1S/C17H22N4O4S/c1-4-5-6-10(16(23)24)26-14-11-13(18-12(19-14)9-7-8-9)20(2)17(25)21(3)15(11)22/h9-10H,4-8H2,1-3H3,(H,23,24). The average molecular weight is 378 g/mol. The van der Waals surface area contributed by atoms with Crippen molar-refractivity contribution in [2.75, 3.05) is 0 Å². The van der Waals surface area contributed by atoms with Crippen molar-refractivity contribution in [3.63, 3.8) is 0 Å². The zero-order chi connectivity index (χ0) is 19.0. The monoisotopic (exact) mass is 378 g/mol. The number of hydrogen-bond acceptors (Lipinski definition) is 6. The lowest BCUT2D eigenvalue weighted by Gasteiger charge is -2.15. The highest BCUT2D eigenvalue weighted by Crippen LogP contribution is 2.40. The van der Waals surface area contributed by atoms with Crippen LogP contribution in [-0.2, 0) is 18.9 Å². The summed E-state index contributed by atoms with van der Waals surface area (Å²) in [4.78, 5) is 45.6. The molecule has 0 bridgehead atoms. The largest absolute Gasteiger partial charge is 0.480 e. The van der Waals surface area contributed by atoms with Gasteiger partial charge in [-0.3, -0.25) is 18.7 Å². The van der Waals surface area contributed by atoms with Crippen molar-refractivity contribution < 1.29 is 9.90 Å². The Balaban J connectivity index is 2.20. The van der Waals surface area contributed by atoms with Crippen LogP contribution in [0.25, 0.3) is 11.0 Å². The molecule has 8 nitrogen and oxygen atoms in total. The highest BCUT2D eigenvalue weighted by atomic mass is 32.2. The van der Waals surface area contributed by atoms with Crippen LogP contribution in [0.1, 0.15) is 50.8 Å². The van der Waals surface area contributed by atoms with E-state index in [1.165, 1.54) is 11.6 Å². The Hall–Kier alpha value is -2.16. The van der Waals surface area contributed by atoms with E-state index in [9.17, 15) is 19.5 Å². The topological polar surface area (TPSA) is 107 Å². The summed E-state index contributed by atoms with van der Waals surface area (Å²) in [6.07, 6.45) is 4.09. The SMILES string of the molecule is CCCCC(Sc1nc(C2CC2)nc2c1c(=O)n(C)c(=O)n2C)C(=O)O. The maximum absolute atomic E-state index is 12.7. The second-order valence-corrected chi connectivity index (χ2v) is 7.84. The van der Waals surface area contributed by atoms with Crippen molar-refractivity contribution >= 4 is 28.8 Å². The van der Waals surface area contributed by atoms with Gasteiger partial charge in [0.1, 0.15) is 21.5 Å². The Morgan fingerprint density at radius 1 is 1.27 bits per heavy atom. The van der Waals surface area contributed by atoms with Gasteiger partial charge < -0.3 is 5.11 Å². The van der Waals surface area contributed by atoms with Crippen LogP contribution in [0.2, 0.25) is 0 Å². The molecule has 3 rings (SSSR count). The third kappa shape index (κ3) is 3.40. The van der Waals surface area contributed by atoms with E-state index >= 15 is 0 Å². The zero-order valence-electron chi connectivity index (χ0n) is 15.1. The summed E-state index contributed by atoms with van der Waals surface area (Å²) in [5.74, 6) is -0.121. The minimum absolute atomic E-state index is 0.215. The van der Waals surface area contributed by atoms with E-state index in [1.54, 1.807) is 7.05 Å². The minimum atomic E-state index is -0.926. The molecule has 0 aromatic carbocycles. The summed E-state index contributed by atoms with van der Waals surface area (Å²) >= 11 is 1.08. The van der Waals surface area contributed by atoms with Crippen molar-refractivity contribution in [3.05, 3.63) is 26.7 Å². The first kappa shape index (κ1) is 18.6. The van der Waals surface area contributed by atoms with Gasteiger partial charge in [0.15, 0.2) is 5.65 Å². The first-order valence-corrected chi connectivity index (χ1v) is 9.60. The van der Waals surface area contributed by atoms with Gasteiger partial charge in [-0.1, -0.05) is 31.5 Å². The molecule has 2 aromatic rings. The van der Waals surface area contributed by atoms with Crippen LogP contribution in [-0.4, -0.2) is 35.4 Å². The Morgan fingerprint density at radius 2 is 1.96 bits per heavy atom. The molecule has 0 spiro atoms. The molecule has 2 aromatic heterocycles. The summed E-state index contributed by atoms with van der Waals surface area (Å²) in [7, 11) is 2.97. The molecule has 1 atom stereocenters. The number of fused-ring (bicyclic) bond motifs is 1. The van der Waals surface area contributed by atoms with Crippen LogP contribution in [0.4, 0.5) is 0 Å². The molecular weight excluding hydrogens is 356 g/mol. The Bertz CT molecular complexity index is 977. The maximum atomic E-state index is 12.7. The number of carbonyl (C=O) groups is 1. The molecular formula is C17H22N4O4S. The third-order valence-electron chi connectivity index (χ3n) is 4.58. The number of carboxylic acid groups (broad SMARTS) is 1. The molecule has 1 unspecified atom stereocenters. The molecule has 1 N–H and O–H groups in total. The highest BCUT2D eigenvalue weighted by molar-refractivity contribution is 8.00. The smallest absolute Gasteiger partial charge is 0.332 e. The molecule has 0 radical (unpaired) electrons. The average Bonchev–Trinajstić information content (AvgIpc) is 3.45. The maximum Gasteiger partial charge on any atom is 0.332 e. The first-order chi connectivity index (χ1) is 12.3. The van der Waals surface area contributed by atoms with Gasteiger partial charge in [-0.2, -0.15) is 0 Å². The normalized spacial score (nSPS) is 15.3. The molecule has 1 aliphatic rings. The number of hydrogen-bond donors (Lipinski definition) is 1. The number of rotatable bonds is 7. The summed E-state index contributed by atoms with van der Waals surface area (Å²) in [6.45, 7) is 2.00. The van der Waals surface area contributed by atoms with Gasteiger partial charge in [0.25, 0.3) is 5.56 Å². The molecule has 0 saturated heterocycles. The quantitative estimate of drug-likeness (QED) is 0.576. The molecule has 0 aliphatic heterocycles. The fraction of sp³-hybridized carbons (Fsp3) is 0.588. The molecule has 0 amide bonds. The van der Waals surface area contributed by atoms with Crippen LogP contribution in [0.3, 0.4) is 0 Å². The van der Waals surface area contributed by atoms with Gasteiger partial charge in [0.05, 0.1) is 0 Å². The Morgan fingerprint density at radius 3 is 2.54 bits per heavy atom. The summed E-state index contributed by atoms with van der Waals surface area (Å²) < 4.78 is 2.34. The van der Waals surface area contributed by atoms with E-state index in [-0.39, 0.29) is 17.0 Å². The molecule has 140 valence electrons. The first-order valence-electron chi connectivity index (χ1n) is 8.72. The van der Waals surface area contributed by atoms with Crippen LogP contribution >= 0.6 is 11.8 Å². The van der Waals surface area contributed by atoms with Gasteiger partial charge >= 0.3 is 11.7 Å². The van der Waals surface area contributed by atoms with Crippen molar-refractivity contribution in [3.8, 4) is 0 Å². The van der Waals surface area contributed by atoms with E-state index < -0.39 is 22.5 Å². The van der Waals surface area contributed by atoms with Crippen molar-refractivity contribution in [2.24, 2.45) is 14.1 Å². The number of carboxylic acids is 1. The summed E-state index contributed by atoms with van der Waals surface area (Å²) in [5.41, 5.74) is -0.677. The fourth-order valence-corrected chi connectivity index (χ4v) is 3.91. The van der Waals surface area contributed by atoms with Gasteiger partial charge in [-0.05, 0) is 19.3 Å². The van der Waals surface area contributed by atoms with E-state index in [0.29, 0.717) is 17.3 Å². The second kappa shape index (κ2) is 7.22. The van der Waals surface area contributed by atoms with E-state index in [0.717, 1.165) is 42.0 Å². The zero-order valence-corrected chi connectivity index (χ0v) is 15.9. The Kier molecular flexibility index (Phi) is 5.17. The van der Waals surface area contributed by atoms with Crippen molar-refractivity contribution in [2.45, 2.75) is 55.2 Å². The Labute approximate surface area is 154 Å². The van der Waals surface area contributed by atoms with E-state index in [1.807, 2.05) is 6.92 Å². The van der Waals surface area contributed by atoms with Crippen molar-refractivity contribution in [1.29, 1.82) is 0 Å². The number of thioether (sulfide) groups is 1. The molecule has 1 aliphatic carbocycles. The number of aryl methyl sites for hydroxylation is 1. The fourth-order valence-electron chi connectivity index (χ4n) is 2.81. The van der Waals surface area contributed by atoms with E-state index in [2.05, 4.69) is 9.97 Å². The van der Waals surface area contributed by atoms with Crippen LogP contribution in [0.5, 0.6) is 0 Å². The highest BCUT2D eigenvalue weighted by Gasteiger charge is 2.30. The number of nitrogens with zero attached hydrogens (tertiary/aromatic N) is 4. The molecule has 1 saturated carbocycles. The van der Waals surface area contributed by atoms with Crippen LogP contribution in [0.15, 0.2) is 14.6 Å². The lowest BCUT2D eigenvalue weighted by atomic mass is 10.2. The van der Waals surface area contributed by atoms with Gasteiger partial charge in [0.2, 0.25) is 0 Å². The van der Waals surface area contributed by atoms with Gasteiger partial charge in [-0.25, -0.2) is 14.8 Å². The second-order valence-electron chi connectivity index (χ2n) is 6.65. The predicted octanol–water partition coefficient (Wildman–Crippen LogP) is 1.64. The van der Waals surface area contributed by atoms with Gasteiger partial charge in [0, 0.05) is 20.0 Å². The minimum Gasteiger partial charge on any atom is -0.480 e. The molecule has 2 heterocycles. The van der Waals surface area contributed by atoms with Crippen LogP contribution in [0, 0.1) is 0 Å².